The van der Waals surface area contributed by atoms with Crippen LogP contribution in [-0.4, -0.2) is 33.8 Å². The molecule has 1 aromatic heterocycles. The first-order chi connectivity index (χ1) is 7.53. The van der Waals surface area contributed by atoms with E-state index in [-0.39, 0.29) is 11.8 Å². The largest absolute Gasteiger partial charge is 0.316 e. The number of hydrogen-bond donors (Lipinski definition) is 2. The summed E-state index contributed by atoms with van der Waals surface area (Å²) in [7, 11) is -1.34. The van der Waals surface area contributed by atoms with E-state index in [1.807, 2.05) is 31.5 Å². The molecule has 0 bridgehead atoms. The van der Waals surface area contributed by atoms with Crippen molar-refractivity contribution >= 4 is 21.4 Å². The van der Waals surface area contributed by atoms with Crippen molar-refractivity contribution in [3.05, 3.63) is 22.4 Å². The van der Waals surface area contributed by atoms with Crippen molar-refractivity contribution in [2.75, 3.05) is 19.3 Å². The lowest BCUT2D eigenvalue weighted by molar-refractivity contribution is 0.554. The number of sulfonamides is 1. The van der Waals surface area contributed by atoms with Crippen molar-refractivity contribution < 1.29 is 8.42 Å². The Morgan fingerprint density at radius 2 is 2.25 bits per heavy atom. The molecule has 6 heteroatoms. The van der Waals surface area contributed by atoms with Crippen LogP contribution in [-0.2, 0) is 16.4 Å². The Bertz CT molecular complexity index is 387. The molecule has 0 aromatic carbocycles. The summed E-state index contributed by atoms with van der Waals surface area (Å²) in [4.78, 5) is 1.10. The molecule has 1 rings (SSSR count). The molecule has 92 valence electrons. The topological polar surface area (TPSA) is 58.2 Å². The highest BCUT2D eigenvalue weighted by Crippen LogP contribution is 2.09. The molecule has 1 aromatic rings. The Kier molecular flexibility index (Phi) is 5.40. The molecule has 0 aliphatic carbocycles. The predicted molar refractivity (Wildman–Crippen MR) is 68.3 cm³/mol. The fourth-order valence-corrected chi connectivity index (χ4v) is 3.09. The third kappa shape index (κ3) is 5.07. The fourth-order valence-electron chi connectivity index (χ4n) is 1.12. The molecule has 16 heavy (non-hydrogen) atoms. The Morgan fingerprint density at radius 3 is 2.81 bits per heavy atom. The maximum absolute atomic E-state index is 11.6. The number of rotatable bonds is 7. The van der Waals surface area contributed by atoms with Gasteiger partial charge in [0.2, 0.25) is 10.0 Å². The molecule has 0 saturated carbocycles. The minimum atomic E-state index is -3.15. The van der Waals surface area contributed by atoms with Gasteiger partial charge >= 0.3 is 0 Å². The average molecular weight is 262 g/mol. The maximum atomic E-state index is 11.6. The van der Waals surface area contributed by atoms with Gasteiger partial charge in [0.05, 0.1) is 5.75 Å². The Morgan fingerprint density at radius 1 is 1.50 bits per heavy atom. The third-order valence-electron chi connectivity index (χ3n) is 2.30. The van der Waals surface area contributed by atoms with Gasteiger partial charge in [-0.05, 0) is 31.8 Å². The molecule has 1 unspecified atom stereocenters. The van der Waals surface area contributed by atoms with Crippen LogP contribution >= 0.6 is 11.3 Å². The molecule has 4 nitrogen and oxygen atoms in total. The molecule has 0 spiro atoms. The average Bonchev–Trinajstić information content (AvgIpc) is 2.76. The van der Waals surface area contributed by atoms with E-state index in [1.165, 1.54) is 0 Å². The molecule has 1 atom stereocenters. The zero-order valence-electron chi connectivity index (χ0n) is 9.56. The van der Waals surface area contributed by atoms with E-state index < -0.39 is 10.0 Å². The summed E-state index contributed by atoms with van der Waals surface area (Å²) in [6.07, 6.45) is 0.584. The van der Waals surface area contributed by atoms with Crippen molar-refractivity contribution in [3.63, 3.8) is 0 Å². The first-order valence-corrected chi connectivity index (χ1v) is 7.73. The van der Waals surface area contributed by atoms with Crippen molar-refractivity contribution in [1.82, 2.24) is 10.0 Å². The van der Waals surface area contributed by atoms with Crippen LogP contribution in [0.5, 0.6) is 0 Å². The minimum Gasteiger partial charge on any atom is -0.316 e. The standard InChI is InChI=1S/C10H18N2O2S2/c1-9(11-2)8-12-16(13,14)7-5-10-4-3-6-15-10/h3-4,6,9,11-12H,5,7-8H2,1-2H3. The fraction of sp³-hybridized carbons (Fsp3) is 0.600. The zero-order chi connectivity index (χ0) is 12.0. The molecule has 1 heterocycles. The van der Waals surface area contributed by atoms with Crippen LogP contribution in [0.3, 0.4) is 0 Å². The zero-order valence-corrected chi connectivity index (χ0v) is 11.2. The lowest BCUT2D eigenvalue weighted by atomic mass is 10.4. The van der Waals surface area contributed by atoms with Gasteiger partial charge in [0.15, 0.2) is 0 Å². The van der Waals surface area contributed by atoms with E-state index in [1.54, 1.807) is 11.3 Å². The Hall–Kier alpha value is -0.430. The first kappa shape index (κ1) is 13.6. The van der Waals surface area contributed by atoms with Gasteiger partial charge in [0.1, 0.15) is 0 Å². The second-order valence-corrected chi connectivity index (χ2v) is 6.65. The summed E-state index contributed by atoms with van der Waals surface area (Å²) in [5.41, 5.74) is 0. The monoisotopic (exact) mass is 262 g/mol. The molecule has 0 aliphatic rings. The molecular formula is C10H18N2O2S2. The van der Waals surface area contributed by atoms with Crippen LogP contribution in [0.1, 0.15) is 11.8 Å². The van der Waals surface area contributed by atoms with E-state index in [9.17, 15) is 8.42 Å². The number of hydrogen-bond acceptors (Lipinski definition) is 4. The number of aryl methyl sites for hydroxylation is 1. The second kappa shape index (κ2) is 6.34. The molecule has 0 aliphatic heterocycles. The van der Waals surface area contributed by atoms with Crippen LogP contribution in [0, 0.1) is 0 Å². The third-order valence-corrected chi connectivity index (χ3v) is 4.58. The number of thiophene rings is 1. The van der Waals surface area contributed by atoms with Crippen LogP contribution in [0.4, 0.5) is 0 Å². The highest BCUT2D eigenvalue weighted by atomic mass is 32.2. The van der Waals surface area contributed by atoms with E-state index in [0.29, 0.717) is 13.0 Å². The van der Waals surface area contributed by atoms with Crippen molar-refractivity contribution in [1.29, 1.82) is 0 Å². The van der Waals surface area contributed by atoms with E-state index in [0.717, 1.165) is 4.88 Å². The quantitative estimate of drug-likeness (QED) is 0.765. The van der Waals surface area contributed by atoms with Crippen molar-refractivity contribution in [2.24, 2.45) is 0 Å². The van der Waals surface area contributed by atoms with Gasteiger partial charge in [-0.15, -0.1) is 11.3 Å². The maximum Gasteiger partial charge on any atom is 0.212 e. The lowest BCUT2D eigenvalue weighted by Crippen LogP contribution is -2.38. The van der Waals surface area contributed by atoms with Gasteiger partial charge in [0.25, 0.3) is 0 Å². The van der Waals surface area contributed by atoms with Gasteiger partial charge in [-0.1, -0.05) is 6.07 Å². The highest BCUT2D eigenvalue weighted by molar-refractivity contribution is 7.89. The van der Waals surface area contributed by atoms with E-state index in [4.69, 9.17) is 0 Å². The van der Waals surface area contributed by atoms with Gasteiger partial charge < -0.3 is 5.32 Å². The normalized spacial score (nSPS) is 13.9. The Balaban J connectivity index is 2.34. The molecule has 2 N–H and O–H groups in total. The van der Waals surface area contributed by atoms with Crippen LogP contribution < -0.4 is 10.0 Å². The number of nitrogens with one attached hydrogen (secondary N) is 2. The van der Waals surface area contributed by atoms with Crippen molar-refractivity contribution in [3.8, 4) is 0 Å². The number of likely N-dealkylation sites (N-methyl/N-ethyl adjacent to an activating group) is 1. The first-order valence-electron chi connectivity index (χ1n) is 5.20. The van der Waals surface area contributed by atoms with Gasteiger partial charge in [-0.3, -0.25) is 0 Å². The van der Waals surface area contributed by atoms with E-state index in [2.05, 4.69) is 10.0 Å². The van der Waals surface area contributed by atoms with Gasteiger partial charge in [-0.25, -0.2) is 13.1 Å². The lowest BCUT2D eigenvalue weighted by Gasteiger charge is -2.11. The molecule has 0 fully saturated rings. The molecule has 0 saturated heterocycles. The molecule has 0 amide bonds. The van der Waals surface area contributed by atoms with E-state index >= 15 is 0 Å². The van der Waals surface area contributed by atoms with Gasteiger partial charge in [-0.2, -0.15) is 0 Å². The Labute approximate surface area is 101 Å². The van der Waals surface area contributed by atoms with Crippen molar-refractivity contribution in [2.45, 2.75) is 19.4 Å². The summed E-state index contributed by atoms with van der Waals surface area (Å²) in [5.74, 6) is 0.157. The summed E-state index contributed by atoms with van der Waals surface area (Å²) >= 11 is 1.59. The minimum absolute atomic E-state index is 0.150. The summed E-state index contributed by atoms with van der Waals surface area (Å²) in [5, 5.41) is 4.94. The summed E-state index contributed by atoms with van der Waals surface area (Å²) in [6.45, 7) is 2.37. The smallest absolute Gasteiger partial charge is 0.212 e. The van der Waals surface area contributed by atoms with Gasteiger partial charge in [0, 0.05) is 17.5 Å². The predicted octanol–water partition coefficient (Wildman–Crippen LogP) is 0.818. The van der Waals surface area contributed by atoms with Crippen LogP contribution in [0.2, 0.25) is 0 Å². The molecular weight excluding hydrogens is 244 g/mol. The van der Waals surface area contributed by atoms with Crippen LogP contribution in [0.25, 0.3) is 0 Å². The summed E-state index contributed by atoms with van der Waals surface area (Å²) < 4.78 is 25.8. The highest BCUT2D eigenvalue weighted by Gasteiger charge is 2.11. The summed E-state index contributed by atoms with van der Waals surface area (Å²) in [6, 6.07) is 4.04. The molecule has 0 radical (unpaired) electrons. The second-order valence-electron chi connectivity index (χ2n) is 3.69. The SMILES string of the molecule is CNC(C)CNS(=O)(=O)CCc1cccs1. The van der Waals surface area contributed by atoms with Crippen LogP contribution in [0.15, 0.2) is 17.5 Å².